The number of carbonyl (C=O) groups is 1. The lowest BCUT2D eigenvalue weighted by Crippen LogP contribution is -2.43. The van der Waals surface area contributed by atoms with Crippen LogP contribution in [0.25, 0.3) is 0 Å². The van der Waals surface area contributed by atoms with Crippen molar-refractivity contribution in [1.29, 1.82) is 0 Å². The van der Waals surface area contributed by atoms with Crippen molar-refractivity contribution >= 4 is 11.6 Å². The fourth-order valence-electron chi connectivity index (χ4n) is 4.34. The highest BCUT2D eigenvalue weighted by molar-refractivity contribution is 5.79. The summed E-state index contributed by atoms with van der Waals surface area (Å²) in [5.74, 6) is 5.84. The Morgan fingerprint density at radius 3 is 2.79 bits per heavy atom. The molecule has 5 nitrogen and oxygen atoms in total. The topological polar surface area (TPSA) is 61.8 Å². The third kappa shape index (κ3) is 3.84. The van der Waals surface area contributed by atoms with Gasteiger partial charge in [-0.3, -0.25) is 4.79 Å². The van der Waals surface area contributed by atoms with Gasteiger partial charge in [0.2, 0.25) is 5.91 Å². The van der Waals surface area contributed by atoms with Gasteiger partial charge in [-0.25, -0.2) is 4.39 Å². The molecule has 29 heavy (non-hydrogen) atoms. The second-order valence-corrected chi connectivity index (χ2v) is 7.41. The second kappa shape index (κ2) is 8.24. The van der Waals surface area contributed by atoms with E-state index in [2.05, 4.69) is 17.2 Å². The van der Waals surface area contributed by atoms with Crippen LogP contribution in [-0.2, 0) is 9.53 Å². The maximum Gasteiger partial charge on any atom is 0.249 e. The number of aliphatic hydroxyl groups is 1. The summed E-state index contributed by atoms with van der Waals surface area (Å²) in [4.78, 5) is 14.4. The first kappa shape index (κ1) is 19.4. The van der Waals surface area contributed by atoms with Crippen molar-refractivity contribution in [3.63, 3.8) is 0 Å². The molecule has 0 unspecified atom stereocenters. The fourth-order valence-corrected chi connectivity index (χ4v) is 4.34. The van der Waals surface area contributed by atoms with Gasteiger partial charge < -0.3 is 20.1 Å². The Morgan fingerprint density at radius 1 is 1.28 bits per heavy atom. The number of fused-ring (bicyclic) bond motifs is 3. The number of amides is 1. The molecule has 0 aliphatic carbocycles. The minimum absolute atomic E-state index is 0.00798. The minimum Gasteiger partial charge on any atom is -0.394 e. The number of ether oxygens (including phenoxy) is 1. The van der Waals surface area contributed by atoms with Gasteiger partial charge in [0.15, 0.2) is 0 Å². The minimum atomic E-state index is -0.317. The molecule has 0 saturated carbocycles. The van der Waals surface area contributed by atoms with Crippen molar-refractivity contribution in [2.24, 2.45) is 5.92 Å². The van der Waals surface area contributed by atoms with E-state index in [1.165, 1.54) is 19.2 Å². The Hall–Kier alpha value is -2.88. The van der Waals surface area contributed by atoms with Gasteiger partial charge in [0.25, 0.3) is 0 Å². The highest BCUT2D eigenvalue weighted by Gasteiger charge is 2.45. The number of nitrogens with zero attached hydrogens (tertiary/aromatic N) is 1. The lowest BCUT2D eigenvalue weighted by atomic mass is 9.82. The summed E-state index contributed by atoms with van der Waals surface area (Å²) in [5, 5.41) is 13.2. The van der Waals surface area contributed by atoms with Gasteiger partial charge in [-0.05, 0) is 48.4 Å². The Morgan fingerprint density at radius 2 is 2.07 bits per heavy atom. The molecule has 2 aromatic rings. The number of anilines is 1. The van der Waals surface area contributed by atoms with Gasteiger partial charge in [0.1, 0.15) is 12.4 Å². The summed E-state index contributed by atoms with van der Waals surface area (Å²) >= 11 is 0. The van der Waals surface area contributed by atoms with Crippen LogP contribution in [0.4, 0.5) is 10.1 Å². The predicted molar refractivity (Wildman–Crippen MR) is 108 cm³/mol. The second-order valence-electron chi connectivity index (χ2n) is 7.41. The smallest absolute Gasteiger partial charge is 0.249 e. The average Bonchev–Trinajstić information content (AvgIpc) is 3.17. The van der Waals surface area contributed by atoms with E-state index < -0.39 is 0 Å². The van der Waals surface area contributed by atoms with Gasteiger partial charge in [-0.1, -0.05) is 17.9 Å². The first-order valence-electron chi connectivity index (χ1n) is 9.68. The fraction of sp³-hybridized carbons (Fsp3) is 0.348. The summed E-state index contributed by atoms with van der Waals surface area (Å²) in [6.45, 7) is 0.678. The zero-order valence-corrected chi connectivity index (χ0v) is 16.2. The molecule has 1 fully saturated rings. The highest BCUT2D eigenvalue weighted by Crippen LogP contribution is 2.46. The molecule has 2 aliphatic rings. The van der Waals surface area contributed by atoms with Gasteiger partial charge in [0.05, 0.1) is 18.7 Å². The first-order chi connectivity index (χ1) is 14.1. The number of aliphatic hydroxyl groups excluding tert-OH is 1. The molecule has 1 amide bonds. The lowest BCUT2D eigenvalue weighted by Gasteiger charge is -2.39. The number of halogens is 1. The molecule has 0 radical (unpaired) electrons. The van der Waals surface area contributed by atoms with E-state index in [1.54, 1.807) is 12.1 Å². The normalized spacial score (nSPS) is 22.2. The number of hydrogen-bond donors (Lipinski definition) is 2. The lowest BCUT2D eigenvalue weighted by molar-refractivity contribution is -0.136. The van der Waals surface area contributed by atoms with Crippen molar-refractivity contribution in [2.75, 3.05) is 32.2 Å². The molecule has 2 heterocycles. The van der Waals surface area contributed by atoms with Gasteiger partial charge >= 0.3 is 0 Å². The Bertz CT molecular complexity index is 982. The number of methoxy groups -OCH3 is 1. The van der Waals surface area contributed by atoms with Crippen molar-refractivity contribution in [1.82, 2.24) is 4.90 Å². The van der Waals surface area contributed by atoms with Crippen LogP contribution in [0.1, 0.15) is 29.2 Å². The molecular weight excluding hydrogens is 371 g/mol. The Labute approximate surface area is 169 Å². The first-order valence-corrected chi connectivity index (χ1v) is 9.68. The van der Waals surface area contributed by atoms with Gasteiger partial charge in [-0.2, -0.15) is 0 Å². The van der Waals surface area contributed by atoms with Crippen LogP contribution < -0.4 is 5.32 Å². The number of carbonyl (C=O) groups excluding carboxylic acids is 1. The summed E-state index contributed by atoms with van der Waals surface area (Å²) in [5.41, 5.74) is 3.30. The largest absolute Gasteiger partial charge is 0.394 e. The Balaban J connectivity index is 1.69. The van der Waals surface area contributed by atoms with Crippen LogP contribution in [0.2, 0.25) is 0 Å². The molecule has 6 heteroatoms. The van der Waals surface area contributed by atoms with Gasteiger partial charge in [0, 0.05) is 36.4 Å². The molecule has 150 valence electrons. The zero-order valence-electron chi connectivity index (χ0n) is 16.2. The molecule has 2 aliphatic heterocycles. The number of hydrogen-bond acceptors (Lipinski definition) is 4. The molecule has 2 N–H and O–H groups in total. The summed E-state index contributed by atoms with van der Waals surface area (Å²) in [7, 11) is 1.51. The molecule has 0 spiro atoms. The van der Waals surface area contributed by atoms with Crippen molar-refractivity contribution in [3.05, 3.63) is 65.0 Å². The predicted octanol–water partition coefficient (Wildman–Crippen LogP) is 2.55. The SMILES string of the molecule is COCC(=O)N1CC[C@@H]2[C@H]1c1cc(C#Cc3cccc(F)c3)ccc1N[C@@H]2CO. The molecule has 2 aromatic carbocycles. The van der Waals surface area contributed by atoms with E-state index in [0.29, 0.717) is 12.1 Å². The maximum absolute atomic E-state index is 13.4. The zero-order chi connectivity index (χ0) is 20.4. The quantitative estimate of drug-likeness (QED) is 0.786. The number of likely N-dealkylation sites (tertiary alicyclic amines) is 1. The van der Waals surface area contributed by atoms with Crippen molar-refractivity contribution in [2.45, 2.75) is 18.5 Å². The standard InChI is InChI=1S/C23H23FN2O3/c1-29-14-22(28)26-10-9-18-21(13-27)25-20-8-7-16(12-19(20)23(18)26)6-5-15-3-2-4-17(24)11-15/h2-4,7-8,11-12,18,21,23,25,27H,9-10,13-14H2,1H3/t18-,21+,23-/m0/s1. The highest BCUT2D eigenvalue weighted by atomic mass is 19.1. The Kier molecular flexibility index (Phi) is 5.52. The van der Waals surface area contributed by atoms with Crippen LogP contribution in [-0.4, -0.2) is 48.8 Å². The van der Waals surface area contributed by atoms with Crippen LogP contribution >= 0.6 is 0 Å². The molecular formula is C23H23FN2O3. The number of benzene rings is 2. The van der Waals surface area contributed by atoms with E-state index >= 15 is 0 Å². The van der Waals surface area contributed by atoms with Crippen LogP contribution in [0.15, 0.2) is 42.5 Å². The number of nitrogens with one attached hydrogen (secondary N) is 1. The molecule has 0 bridgehead atoms. The van der Waals surface area contributed by atoms with E-state index in [4.69, 9.17) is 4.74 Å². The molecule has 0 aromatic heterocycles. The summed E-state index contributed by atoms with van der Waals surface area (Å²) in [6, 6.07) is 11.8. The summed E-state index contributed by atoms with van der Waals surface area (Å²) in [6.07, 6.45) is 0.816. The third-order valence-electron chi connectivity index (χ3n) is 5.63. The van der Waals surface area contributed by atoms with E-state index in [1.807, 2.05) is 23.1 Å². The van der Waals surface area contributed by atoms with E-state index in [-0.39, 0.29) is 42.9 Å². The number of rotatable bonds is 3. The third-order valence-corrected chi connectivity index (χ3v) is 5.63. The van der Waals surface area contributed by atoms with Crippen molar-refractivity contribution in [3.8, 4) is 11.8 Å². The van der Waals surface area contributed by atoms with E-state index in [9.17, 15) is 14.3 Å². The summed E-state index contributed by atoms with van der Waals surface area (Å²) < 4.78 is 18.4. The van der Waals surface area contributed by atoms with Gasteiger partial charge in [-0.15, -0.1) is 0 Å². The van der Waals surface area contributed by atoms with Crippen LogP contribution in [0, 0.1) is 23.6 Å². The molecule has 1 saturated heterocycles. The molecule has 3 atom stereocenters. The van der Waals surface area contributed by atoms with Crippen LogP contribution in [0.3, 0.4) is 0 Å². The van der Waals surface area contributed by atoms with Crippen LogP contribution in [0.5, 0.6) is 0 Å². The molecule has 4 rings (SSSR count). The van der Waals surface area contributed by atoms with E-state index in [0.717, 1.165) is 23.2 Å². The maximum atomic E-state index is 13.4. The monoisotopic (exact) mass is 394 g/mol. The van der Waals surface area contributed by atoms with Crippen molar-refractivity contribution < 1.29 is 19.0 Å². The average molecular weight is 394 g/mol.